The van der Waals surface area contributed by atoms with Crippen molar-refractivity contribution in [3.63, 3.8) is 0 Å². The van der Waals surface area contributed by atoms with Gasteiger partial charge in [-0.3, -0.25) is 4.79 Å². The van der Waals surface area contributed by atoms with E-state index in [1.54, 1.807) is 18.2 Å². The van der Waals surface area contributed by atoms with Crippen molar-refractivity contribution < 1.29 is 4.79 Å². The number of aromatic nitrogens is 1. The molecule has 0 saturated heterocycles. The molecule has 0 aliphatic rings. The number of para-hydroxylation sites is 1. The number of anilines is 1. The summed E-state index contributed by atoms with van der Waals surface area (Å²) in [5, 5.41) is 5.37. The van der Waals surface area contributed by atoms with Crippen LogP contribution in [0, 0.1) is 0 Å². The second kappa shape index (κ2) is 8.07. The van der Waals surface area contributed by atoms with Crippen molar-refractivity contribution in [3.05, 3.63) is 69.7 Å². The predicted molar refractivity (Wildman–Crippen MR) is 109 cm³/mol. The molecule has 0 amide bonds. The molecule has 0 atom stereocenters. The highest BCUT2D eigenvalue weighted by molar-refractivity contribution is 6.34. The summed E-state index contributed by atoms with van der Waals surface area (Å²) in [6.07, 6.45) is 0.276. The van der Waals surface area contributed by atoms with Crippen molar-refractivity contribution in [1.29, 1.82) is 0 Å². The number of benzene rings is 2. The summed E-state index contributed by atoms with van der Waals surface area (Å²) < 4.78 is 0. The van der Waals surface area contributed by atoms with Gasteiger partial charge in [-0.25, -0.2) is 4.98 Å². The van der Waals surface area contributed by atoms with Gasteiger partial charge in [0, 0.05) is 21.9 Å². The summed E-state index contributed by atoms with van der Waals surface area (Å²) in [4.78, 5) is 16.9. The van der Waals surface area contributed by atoms with Crippen LogP contribution in [0.2, 0.25) is 10.0 Å². The third kappa shape index (κ3) is 4.54. The van der Waals surface area contributed by atoms with E-state index in [1.807, 2.05) is 24.3 Å². The van der Waals surface area contributed by atoms with Crippen molar-refractivity contribution >= 4 is 45.7 Å². The molecule has 3 rings (SSSR count). The van der Waals surface area contributed by atoms with Gasteiger partial charge in [-0.1, -0.05) is 55.2 Å². The molecule has 0 aliphatic carbocycles. The van der Waals surface area contributed by atoms with Crippen LogP contribution in [0.5, 0.6) is 0 Å². The van der Waals surface area contributed by atoms with Gasteiger partial charge in [0.2, 0.25) is 0 Å². The zero-order valence-corrected chi connectivity index (χ0v) is 16.2. The fourth-order valence-corrected chi connectivity index (χ4v) is 3.53. The van der Waals surface area contributed by atoms with Crippen LogP contribution in [0.25, 0.3) is 10.9 Å². The van der Waals surface area contributed by atoms with Crippen molar-refractivity contribution in [2.45, 2.75) is 26.2 Å². The van der Waals surface area contributed by atoms with Crippen LogP contribution in [0.15, 0.2) is 48.5 Å². The van der Waals surface area contributed by atoms with E-state index in [0.717, 1.165) is 16.5 Å². The van der Waals surface area contributed by atoms with Crippen molar-refractivity contribution in [1.82, 2.24) is 4.98 Å². The first kappa shape index (κ1) is 18.7. The first-order valence-electron chi connectivity index (χ1n) is 8.52. The topological polar surface area (TPSA) is 42.0 Å². The van der Waals surface area contributed by atoms with Gasteiger partial charge in [-0.2, -0.15) is 0 Å². The number of carbonyl (C=O) groups excluding carboxylic acids is 1. The summed E-state index contributed by atoms with van der Waals surface area (Å²) in [6, 6.07) is 15.3. The molecule has 0 unspecified atom stereocenters. The highest BCUT2D eigenvalue weighted by Gasteiger charge is 2.10. The molecule has 0 radical (unpaired) electrons. The summed E-state index contributed by atoms with van der Waals surface area (Å²) in [6.45, 7) is 4.51. The van der Waals surface area contributed by atoms with Crippen molar-refractivity contribution in [2.24, 2.45) is 0 Å². The number of Topliss-reactive ketones (excluding diaryl/α,β-unsaturated/α-hetero) is 1. The number of hydrogen-bond acceptors (Lipinski definition) is 3. The molecule has 26 heavy (non-hydrogen) atoms. The molecule has 0 spiro atoms. The molecule has 0 saturated carbocycles. The first-order valence-corrected chi connectivity index (χ1v) is 9.28. The fraction of sp³-hybridized carbons (Fsp3) is 0.238. The number of halogens is 2. The molecule has 2 aromatic carbocycles. The fourth-order valence-electron chi connectivity index (χ4n) is 2.96. The molecule has 0 fully saturated rings. The first-order chi connectivity index (χ1) is 12.4. The summed E-state index contributed by atoms with van der Waals surface area (Å²) >= 11 is 12.0. The lowest BCUT2D eigenvalue weighted by atomic mass is 9.99. The zero-order chi connectivity index (χ0) is 18.7. The van der Waals surface area contributed by atoms with Crippen LogP contribution in [-0.4, -0.2) is 17.3 Å². The van der Waals surface area contributed by atoms with Gasteiger partial charge >= 0.3 is 0 Å². The van der Waals surface area contributed by atoms with E-state index < -0.39 is 0 Å². The number of pyridine rings is 1. The van der Waals surface area contributed by atoms with Gasteiger partial charge < -0.3 is 5.32 Å². The molecule has 1 aromatic heterocycles. The van der Waals surface area contributed by atoms with Crippen LogP contribution >= 0.6 is 23.2 Å². The summed E-state index contributed by atoms with van der Waals surface area (Å²) in [5.41, 5.74) is 2.95. The minimum Gasteiger partial charge on any atom is -0.363 e. The Kier molecular flexibility index (Phi) is 5.80. The monoisotopic (exact) mass is 386 g/mol. The number of carbonyl (C=O) groups is 1. The van der Waals surface area contributed by atoms with E-state index in [2.05, 4.69) is 30.2 Å². The lowest BCUT2D eigenvalue weighted by Crippen LogP contribution is -2.17. The van der Waals surface area contributed by atoms with E-state index in [0.29, 0.717) is 21.8 Å². The smallest absolute Gasteiger partial charge is 0.156 e. The van der Waals surface area contributed by atoms with E-state index in [9.17, 15) is 4.79 Å². The molecular weight excluding hydrogens is 367 g/mol. The summed E-state index contributed by atoms with van der Waals surface area (Å²) in [7, 11) is 0. The number of rotatable bonds is 6. The number of hydrogen-bond donors (Lipinski definition) is 1. The Bertz CT molecular complexity index is 934. The van der Waals surface area contributed by atoms with Crippen LogP contribution in [0.4, 0.5) is 5.82 Å². The molecule has 3 nitrogen and oxygen atoms in total. The standard InChI is InChI=1S/C21H20Cl2N2O/c1-13(2)19-11-21(25-20-6-4-3-5-18(19)20)24-12-17(26)9-14-7-15(22)10-16(23)8-14/h3-8,10-11,13H,9,12H2,1-2H3,(H,24,25). The third-order valence-electron chi connectivity index (χ3n) is 4.16. The Hall–Kier alpha value is -2.10. The van der Waals surface area contributed by atoms with Gasteiger partial charge in [0.05, 0.1) is 12.1 Å². The van der Waals surface area contributed by atoms with E-state index in [-0.39, 0.29) is 18.7 Å². The van der Waals surface area contributed by atoms with E-state index in [4.69, 9.17) is 23.2 Å². The second-order valence-corrected chi connectivity index (χ2v) is 7.49. The molecule has 134 valence electrons. The Morgan fingerprint density at radius 2 is 1.77 bits per heavy atom. The number of fused-ring (bicyclic) bond motifs is 1. The van der Waals surface area contributed by atoms with Gasteiger partial charge in [-0.05, 0) is 47.4 Å². The Balaban J connectivity index is 1.73. The quantitative estimate of drug-likeness (QED) is 0.574. The molecule has 1 N–H and O–H groups in total. The van der Waals surface area contributed by atoms with E-state index >= 15 is 0 Å². The van der Waals surface area contributed by atoms with Gasteiger partial charge in [-0.15, -0.1) is 0 Å². The predicted octanol–water partition coefficient (Wildman–Crippen LogP) is 5.89. The Labute approximate surface area is 163 Å². The maximum Gasteiger partial charge on any atom is 0.156 e. The average molecular weight is 387 g/mol. The third-order valence-corrected chi connectivity index (χ3v) is 4.60. The Morgan fingerprint density at radius 3 is 2.46 bits per heavy atom. The van der Waals surface area contributed by atoms with Crippen molar-refractivity contribution in [3.8, 4) is 0 Å². The summed E-state index contributed by atoms with van der Waals surface area (Å²) in [5.74, 6) is 1.13. The largest absolute Gasteiger partial charge is 0.363 e. The normalized spacial score (nSPS) is 11.1. The van der Waals surface area contributed by atoms with Gasteiger partial charge in [0.1, 0.15) is 5.82 Å². The second-order valence-electron chi connectivity index (χ2n) is 6.62. The maximum atomic E-state index is 12.3. The van der Waals surface area contributed by atoms with Crippen molar-refractivity contribution in [2.75, 3.05) is 11.9 Å². The molecule has 0 bridgehead atoms. The number of nitrogens with one attached hydrogen (secondary N) is 1. The number of nitrogens with zero attached hydrogens (tertiary/aromatic N) is 1. The zero-order valence-electron chi connectivity index (χ0n) is 14.7. The maximum absolute atomic E-state index is 12.3. The lowest BCUT2D eigenvalue weighted by Gasteiger charge is -2.13. The molecule has 0 aliphatic heterocycles. The average Bonchev–Trinajstić information content (AvgIpc) is 2.58. The van der Waals surface area contributed by atoms with Crippen LogP contribution in [0.3, 0.4) is 0 Å². The van der Waals surface area contributed by atoms with Gasteiger partial charge in [0.15, 0.2) is 5.78 Å². The molecular formula is C21H20Cl2N2O. The van der Waals surface area contributed by atoms with E-state index in [1.165, 1.54) is 5.56 Å². The molecule has 5 heteroatoms. The lowest BCUT2D eigenvalue weighted by molar-refractivity contribution is -0.116. The Morgan fingerprint density at radius 1 is 1.08 bits per heavy atom. The van der Waals surface area contributed by atoms with Gasteiger partial charge in [0.25, 0.3) is 0 Å². The minimum absolute atomic E-state index is 0.0457. The highest BCUT2D eigenvalue weighted by Crippen LogP contribution is 2.27. The SMILES string of the molecule is CC(C)c1cc(NCC(=O)Cc2cc(Cl)cc(Cl)c2)nc2ccccc12. The van der Waals surface area contributed by atoms with Crippen LogP contribution < -0.4 is 5.32 Å². The van der Waals surface area contributed by atoms with Crippen LogP contribution in [0.1, 0.15) is 30.9 Å². The minimum atomic E-state index is 0.0457. The number of ketones is 1. The van der Waals surface area contributed by atoms with Crippen LogP contribution in [-0.2, 0) is 11.2 Å². The molecule has 1 heterocycles. The highest BCUT2D eigenvalue weighted by atomic mass is 35.5. The molecule has 3 aromatic rings.